The van der Waals surface area contributed by atoms with E-state index in [1.807, 2.05) is 6.92 Å². The van der Waals surface area contributed by atoms with E-state index in [9.17, 15) is 4.79 Å². The van der Waals surface area contributed by atoms with Crippen LogP contribution >= 0.6 is 15.9 Å². The van der Waals surface area contributed by atoms with Gasteiger partial charge in [0.25, 0.3) is 0 Å². The minimum absolute atomic E-state index is 0.0536. The first-order valence-electron chi connectivity index (χ1n) is 5.24. The number of rotatable bonds is 4. The first kappa shape index (κ1) is 12.0. The Morgan fingerprint density at radius 2 is 2.36 bits per heavy atom. The molecule has 3 atom stereocenters. The summed E-state index contributed by atoms with van der Waals surface area (Å²) in [7, 11) is 0. The molecule has 0 radical (unpaired) electrons. The third kappa shape index (κ3) is 2.95. The first-order chi connectivity index (χ1) is 6.69. The number of amides is 1. The lowest BCUT2D eigenvalue weighted by molar-refractivity contribution is -0.121. The van der Waals surface area contributed by atoms with E-state index < -0.39 is 0 Å². The summed E-state index contributed by atoms with van der Waals surface area (Å²) < 4.78 is 0. The van der Waals surface area contributed by atoms with Crippen LogP contribution < -0.4 is 5.32 Å². The largest absolute Gasteiger partial charge is 0.396 e. The molecule has 3 unspecified atom stereocenters. The van der Waals surface area contributed by atoms with Gasteiger partial charge in [-0.2, -0.15) is 0 Å². The molecule has 0 aromatic rings. The van der Waals surface area contributed by atoms with Crippen molar-refractivity contribution in [1.82, 2.24) is 5.32 Å². The van der Waals surface area contributed by atoms with Crippen LogP contribution in [0.1, 0.15) is 32.6 Å². The lowest BCUT2D eigenvalue weighted by atomic mass is 10.1. The van der Waals surface area contributed by atoms with Gasteiger partial charge in [-0.1, -0.05) is 29.3 Å². The van der Waals surface area contributed by atoms with Gasteiger partial charge in [0.15, 0.2) is 0 Å². The second kappa shape index (κ2) is 5.71. The quantitative estimate of drug-likeness (QED) is 0.755. The summed E-state index contributed by atoms with van der Waals surface area (Å²) in [6.45, 7) is 2.15. The molecule has 4 heteroatoms. The van der Waals surface area contributed by atoms with Crippen molar-refractivity contribution >= 4 is 21.8 Å². The Morgan fingerprint density at radius 1 is 1.64 bits per heavy atom. The van der Waals surface area contributed by atoms with E-state index in [-0.39, 0.29) is 29.3 Å². The van der Waals surface area contributed by atoms with Crippen LogP contribution in [-0.4, -0.2) is 28.5 Å². The van der Waals surface area contributed by atoms with Crippen LogP contribution in [0.2, 0.25) is 0 Å². The van der Waals surface area contributed by atoms with Crippen LogP contribution in [0, 0.1) is 5.92 Å². The summed E-state index contributed by atoms with van der Waals surface area (Å²) in [5.74, 6) is 0.313. The molecule has 0 heterocycles. The summed E-state index contributed by atoms with van der Waals surface area (Å²) in [4.78, 5) is 11.5. The number of hydrogen-bond acceptors (Lipinski definition) is 2. The predicted molar refractivity (Wildman–Crippen MR) is 59.4 cm³/mol. The molecule has 14 heavy (non-hydrogen) atoms. The fourth-order valence-corrected chi connectivity index (χ4v) is 2.04. The Bertz CT molecular complexity index is 199. The number of hydrogen-bond donors (Lipinski definition) is 2. The van der Waals surface area contributed by atoms with Crippen LogP contribution in [-0.2, 0) is 4.79 Å². The first-order valence-corrected chi connectivity index (χ1v) is 6.16. The molecule has 0 spiro atoms. The van der Waals surface area contributed by atoms with Gasteiger partial charge in [-0.05, 0) is 19.3 Å². The molecule has 0 aromatic carbocycles. The number of aliphatic hydroxyl groups excluding tert-OH is 1. The van der Waals surface area contributed by atoms with Crippen molar-refractivity contribution in [2.24, 2.45) is 5.92 Å². The zero-order valence-corrected chi connectivity index (χ0v) is 10.1. The van der Waals surface area contributed by atoms with Crippen molar-refractivity contribution in [2.45, 2.75) is 43.5 Å². The molecular formula is C10H18BrNO2. The van der Waals surface area contributed by atoms with E-state index >= 15 is 0 Å². The summed E-state index contributed by atoms with van der Waals surface area (Å²) in [5, 5.41) is 12.1. The summed E-state index contributed by atoms with van der Waals surface area (Å²) in [5.41, 5.74) is 0. The SMILES string of the molecule is CCC(Br)C(=O)NC1CCCC1CO. The van der Waals surface area contributed by atoms with Crippen LogP contribution in [0.25, 0.3) is 0 Å². The molecule has 0 aliphatic heterocycles. The average molecular weight is 264 g/mol. The molecule has 1 amide bonds. The Balaban J connectivity index is 2.39. The molecule has 1 rings (SSSR count). The van der Waals surface area contributed by atoms with E-state index in [2.05, 4.69) is 21.2 Å². The van der Waals surface area contributed by atoms with Gasteiger partial charge in [0.1, 0.15) is 0 Å². The minimum Gasteiger partial charge on any atom is -0.396 e. The zero-order valence-electron chi connectivity index (χ0n) is 8.50. The Kier molecular flexibility index (Phi) is 4.89. The maximum atomic E-state index is 11.6. The molecular weight excluding hydrogens is 246 g/mol. The van der Waals surface area contributed by atoms with Gasteiger partial charge in [-0.15, -0.1) is 0 Å². The fourth-order valence-electron chi connectivity index (χ4n) is 1.90. The van der Waals surface area contributed by atoms with Crippen molar-refractivity contribution in [3.05, 3.63) is 0 Å². The number of aliphatic hydroxyl groups is 1. The number of halogens is 1. The summed E-state index contributed by atoms with van der Waals surface area (Å²) in [6, 6.07) is 0.180. The van der Waals surface area contributed by atoms with E-state index in [1.165, 1.54) is 0 Å². The van der Waals surface area contributed by atoms with E-state index in [0.717, 1.165) is 25.7 Å². The van der Waals surface area contributed by atoms with Crippen LogP contribution in [0.15, 0.2) is 0 Å². The average Bonchev–Trinajstić information content (AvgIpc) is 2.63. The minimum atomic E-state index is -0.0950. The van der Waals surface area contributed by atoms with Gasteiger partial charge in [0.05, 0.1) is 4.83 Å². The number of carbonyl (C=O) groups is 1. The van der Waals surface area contributed by atoms with Crippen molar-refractivity contribution in [2.75, 3.05) is 6.61 Å². The topological polar surface area (TPSA) is 49.3 Å². The molecule has 1 saturated carbocycles. The molecule has 0 saturated heterocycles. The lowest BCUT2D eigenvalue weighted by Crippen LogP contribution is -2.42. The van der Waals surface area contributed by atoms with E-state index in [1.54, 1.807) is 0 Å². The smallest absolute Gasteiger partial charge is 0.233 e. The highest BCUT2D eigenvalue weighted by molar-refractivity contribution is 9.10. The molecule has 1 fully saturated rings. The van der Waals surface area contributed by atoms with Gasteiger partial charge in [-0.3, -0.25) is 4.79 Å². The zero-order chi connectivity index (χ0) is 10.6. The van der Waals surface area contributed by atoms with Crippen LogP contribution in [0.5, 0.6) is 0 Å². The maximum Gasteiger partial charge on any atom is 0.233 e. The molecule has 0 aromatic heterocycles. The van der Waals surface area contributed by atoms with Gasteiger partial charge in [0.2, 0.25) is 5.91 Å². The van der Waals surface area contributed by atoms with Gasteiger partial charge < -0.3 is 10.4 Å². The highest BCUT2D eigenvalue weighted by Gasteiger charge is 2.28. The van der Waals surface area contributed by atoms with Gasteiger partial charge in [0, 0.05) is 18.6 Å². The monoisotopic (exact) mass is 263 g/mol. The molecule has 82 valence electrons. The Labute approximate surface area is 93.4 Å². The van der Waals surface area contributed by atoms with Gasteiger partial charge >= 0.3 is 0 Å². The lowest BCUT2D eigenvalue weighted by Gasteiger charge is -2.20. The Morgan fingerprint density at radius 3 is 2.93 bits per heavy atom. The molecule has 1 aliphatic carbocycles. The molecule has 3 nitrogen and oxygen atoms in total. The molecule has 0 bridgehead atoms. The van der Waals surface area contributed by atoms with Gasteiger partial charge in [-0.25, -0.2) is 0 Å². The number of carbonyl (C=O) groups excluding carboxylic acids is 1. The molecule has 1 aliphatic rings. The Hall–Kier alpha value is -0.0900. The van der Waals surface area contributed by atoms with E-state index in [0.29, 0.717) is 0 Å². The van der Waals surface area contributed by atoms with Crippen molar-refractivity contribution in [3.63, 3.8) is 0 Å². The van der Waals surface area contributed by atoms with Crippen molar-refractivity contribution < 1.29 is 9.90 Å². The highest BCUT2D eigenvalue weighted by atomic mass is 79.9. The van der Waals surface area contributed by atoms with Crippen molar-refractivity contribution in [1.29, 1.82) is 0 Å². The highest BCUT2D eigenvalue weighted by Crippen LogP contribution is 2.25. The normalized spacial score (nSPS) is 28.8. The second-order valence-electron chi connectivity index (χ2n) is 3.86. The number of alkyl halides is 1. The number of nitrogens with one attached hydrogen (secondary N) is 1. The second-order valence-corrected chi connectivity index (χ2v) is 4.97. The third-order valence-electron chi connectivity index (χ3n) is 2.86. The van der Waals surface area contributed by atoms with Crippen LogP contribution in [0.3, 0.4) is 0 Å². The standard InChI is InChI=1S/C10H18BrNO2/c1-2-8(11)10(14)12-9-5-3-4-7(9)6-13/h7-9,13H,2-6H2,1H3,(H,12,14). The third-order valence-corrected chi connectivity index (χ3v) is 3.93. The van der Waals surface area contributed by atoms with Crippen LogP contribution in [0.4, 0.5) is 0 Å². The van der Waals surface area contributed by atoms with Crippen molar-refractivity contribution in [3.8, 4) is 0 Å². The van der Waals surface area contributed by atoms with E-state index in [4.69, 9.17) is 5.11 Å². The summed E-state index contributed by atoms with van der Waals surface area (Å²) in [6.07, 6.45) is 3.93. The predicted octanol–water partition coefficient (Wildman–Crippen LogP) is 1.44. The fraction of sp³-hybridized carbons (Fsp3) is 0.900. The maximum absolute atomic E-state index is 11.6. The molecule has 2 N–H and O–H groups in total. The summed E-state index contributed by atoms with van der Waals surface area (Å²) >= 11 is 3.32.